The summed E-state index contributed by atoms with van der Waals surface area (Å²) < 4.78 is 31.1. The van der Waals surface area contributed by atoms with Crippen LogP contribution in [0.4, 0.5) is 11.4 Å². The first-order valence-corrected chi connectivity index (χ1v) is 10.1. The van der Waals surface area contributed by atoms with E-state index in [1.165, 1.54) is 6.26 Å². The van der Waals surface area contributed by atoms with E-state index in [0.717, 1.165) is 36.4 Å². The van der Waals surface area contributed by atoms with Crippen LogP contribution in [0, 0.1) is 0 Å². The maximum atomic E-state index is 11.4. The van der Waals surface area contributed by atoms with Crippen molar-refractivity contribution in [2.24, 2.45) is 4.99 Å². The summed E-state index contributed by atoms with van der Waals surface area (Å²) in [6.45, 7) is 4.46. The van der Waals surface area contributed by atoms with Crippen molar-refractivity contribution in [3.63, 3.8) is 0 Å². The fourth-order valence-corrected chi connectivity index (χ4v) is 3.11. The van der Waals surface area contributed by atoms with Crippen LogP contribution in [-0.2, 0) is 10.0 Å². The van der Waals surface area contributed by atoms with Gasteiger partial charge in [0.25, 0.3) is 0 Å². The fourth-order valence-electron chi connectivity index (χ4n) is 2.39. The second-order valence-electron chi connectivity index (χ2n) is 5.93. The van der Waals surface area contributed by atoms with Gasteiger partial charge >= 0.3 is 0 Å². The van der Waals surface area contributed by atoms with Crippen LogP contribution in [-0.4, -0.2) is 39.8 Å². The van der Waals surface area contributed by atoms with Gasteiger partial charge in [-0.25, -0.2) is 8.42 Å². The van der Waals surface area contributed by atoms with Crippen LogP contribution in [0.2, 0.25) is 0 Å². The Labute approximate surface area is 143 Å². The van der Waals surface area contributed by atoms with Gasteiger partial charge in [-0.2, -0.15) is 4.72 Å². The minimum Gasteiger partial charge on any atom is -0.483 e. The minimum atomic E-state index is -3.24. The lowest BCUT2D eigenvalue weighted by atomic mass is 10.2. The third-order valence-corrected chi connectivity index (χ3v) is 4.25. The summed E-state index contributed by atoms with van der Waals surface area (Å²) in [5.41, 5.74) is 1.68. The lowest BCUT2D eigenvalue weighted by Gasteiger charge is -2.21. The first kappa shape index (κ1) is 18.7. The minimum absolute atomic E-state index is 0.0145. The molecule has 2 rings (SSSR count). The molecule has 0 radical (unpaired) electrons. The number of unbranched alkanes of at least 4 members (excludes halogenated alkanes) is 1. The summed E-state index contributed by atoms with van der Waals surface area (Å²) in [6, 6.07) is 5.71. The van der Waals surface area contributed by atoms with Gasteiger partial charge in [-0.1, -0.05) is 19.8 Å². The predicted molar refractivity (Wildman–Crippen MR) is 97.6 cm³/mol. The van der Waals surface area contributed by atoms with Gasteiger partial charge in [-0.05, 0) is 31.5 Å². The molecule has 0 fully saturated rings. The van der Waals surface area contributed by atoms with Gasteiger partial charge in [0.2, 0.25) is 10.0 Å². The number of benzene rings is 1. The normalized spacial score (nSPS) is 17.9. The van der Waals surface area contributed by atoms with E-state index in [9.17, 15) is 8.42 Å². The van der Waals surface area contributed by atoms with Gasteiger partial charge in [0.15, 0.2) is 0 Å². The molecule has 0 bridgehead atoms. The highest BCUT2D eigenvalue weighted by Gasteiger charge is 2.14. The summed E-state index contributed by atoms with van der Waals surface area (Å²) in [5, 5.41) is 6.40. The number of aliphatic imine (C=N–C) groups is 1. The highest BCUT2D eigenvalue weighted by Crippen LogP contribution is 2.33. The van der Waals surface area contributed by atoms with Gasteiger partial charge in [0.05, 0.1) is 19.1 Å². The van der Waals surface area contributed by atoms with Crippen LogP contribution >= 0.6 is 0 Å². The second-order valence-corrected chi connectivity index (χ2v) is 7.71. The number of anilines is 1. The SMILES string of the molecule is CCCCC(NCNc1ccc2c(c1)N=CC(C)O2)NS(C)(=O)=O. The van der Waals surface area contributed by atoms with Gasteiger partial charge in [-0.15, -0.1) is 0 Å². The molecule has 0 aromatic heterocycles. The molecule has 2 atom stereocenters. The number of nitrogens with one attached hydrogen (secondary N) is 3. The number of fused-ring (bicyclic) bond motifs is 1. The summed E-state index contributed by atoms with van der Waals surface area (Å²) in [5.74, 6) is 0.767. The lowest BCUT2D eigenvalue weighted by molar-refractivity contribution is 0.288. The van der Waals surface area contributed by atoms with Crippen molar-refractivity contribution in [1.82, 2.24) is 10.0 Å². The highest BCUT2D eigenvalue weighted by molar-refractivity contribution is 7.88. The maximum absolute atomic E-state index is 11.4. The Bertz CT molecular complexity index is 676. The lowest BCUT2D eigenvalue weighted by Crippen LogP contribution is -2.46. The van der Waals surface area contributed by atoms with E-state index in [1.807, 2.05) is 25.1 Å². The Morgan fingerprint density at radius 1 is 1.38 bits per heavy atom. The Hall–Kier alpha value is -1.64. The van der Waals surface area contributed by atoms with Crippen LogP contribution in [0.15, 0.2) is 23.2 Å². The van der Waals surface area contributed by atoms with Crippen molar-refractivity contribution in [3.8, 4) is 5.75 Å². The molecule has 0 saturated heterocycles. The molecule has 7 nitrogen and oxygen atoms in total. The molecular formula is C16H26N4O3S. The Balaban J connectivity index is 1.89. The molecule has 134 valence electrons. The maximum Gasteiger partial charge on any atom is 0.210 e. The van der Waals surface area contributed by atoms with Gasteiger partial charge in [-0.3, -0.25) is 10.3 Å². The molecular weight excluding hydrogens is 328 g/mol. The third-order valence-electron chi connectivity index (χ3n) is 3.54. The zero-order chi connectivity index (χ0) is 17.6. The monoisotopic (exact) mass is 354 g/mol. The van der Waals surface area contributed by atoms with Crippen LogP contribution in [0.3, 0.4) is 0 Å². The smallest absolute Gasteiger partial charge is 0.210 e. The summed E-state index contributed by atoms with van der Waals surface area (Å²) in [7, 11) is -3.24. The number of sulfonamides is 1. The van der Waals surface area contributed by atoms with Gasteiger partial charge < -0.3 is 10.1 Å². The van der Waals surface area contributed by atoms with Crippen molar-refractivity contribution in [3.05, 3.63) is 18.2 Å². The zero-order valence-electron chi connectivity index (χ0n) is 14.4. The molecule has 0 saturated carbocycles. The predicted octanol–water partition coefficient (Wildman–Crippen LogP) is 2.19. The number of nitrogens with zero attached hydrogens (tertiary/aromatic N) is 1. The molecule has 8 heteroatoms. The van der Waals surface area contributed by atoms with E-state index in [-0.39, 0.29) is 12.3 Å². The topological polar surface area (TPSA) is 91.8 Å². The van der Waals surface area contributed by atoms with Gasteiger partial charge in [0.1, 0.15) is 17.5 Å². The summed E-state index contributed by atoms with van der Waals surface area (Å²) in [4.78, 5) is 4.36. The zero-order valence-corrected chi connectivity index (χ0v) is 15.2. The summed E-state index contributed by atoms with van der Waals surface area (Å²) in [6.07, 6.45) is 5.34. The van der Waals surface area contributed by atoms with Crippen molar-refractivity contribution in [2.45, 2.75) is 45.4 Å². The van der Waals surface area contributed by atoms with Crippen molar-refractivity contribution < 1.29 is 13.2 Å². The Morgan fingerprint density at radius 2 is 2.17 bits per heavy atom. The Kier molecular flexibility index (Phi) is 6.59. The molecule has 24 heavy (non-hydrogen) atoms. The van der Waals surface area contributed by atoms with Crippen LogP contribution in [0.1, 0.15) is 33.1 Å². The van der Waals surface area contributed by atoms with Crippen LogP contribution in [0.25, 0.3) is 0 Å². The quantitative estimate of drug-likeness (QED) is 0.591. The molecule has 1 heterocycles. The van der Waals surface area contributed by atoms with E-state index >= 15 is 0 Å². The van der Waals surface area contributed by atoms with E-state index < -0.39 is 10.0 Å². The molecule has 0 aliphatic carbocycles. The molecule has 3 N–H and O–H groups in total. The molecule has 1 aliphatic rings. The van der Waals surface area contributed by atoms with Crippen LogP contribution < -0.4 is 20.1 Å². The molecule has 0 amide bonds. The van der Waals surface area contributed by atoms with E-state index in [4.69, 9.17) is 4.74 Å². The largest absolute Gasteiger partial charge is 0.483 e. The second kappa shape index (κ2) is 8.46. The van der Waals surface area contributed by atoms with E-state index in [2.05, 4.69) is 27.3 Å². The highest BCUT2D eigenvalue weighted by atomic mass is 32.2. The van der Waals surface area contributed by atoms with Crippen molar-refractivity contribution in [1.29, 1.82) is 0 Å². The average molecular weight is 354 g/mol. The number of ether oxygens (including phenoxy) is 1. The van der Waals surface area contributed by atoms with Crippen molar-refractivity contribution >= 4 is 27.6 Å². The average Bonchev–Trinajstić information content (AvgIpc) is 2.51. The molecule has 1 aliphatic heterocycles. The summed E-state index contributed by atoms with van der Waals surface area (Å²) >= 11 is 0. The number of hydrogen-bond donors (Lipinski definition) is 3. The standard InChI is InChI=1S/C16H26N4O3S/c1-4-5-6-16(20-24(3,21)22)19-11-18-13-7-8-15-14(9-13)17-10-12(2)23-15/h7-10,12,16,18-20H,4-6,11H2,1-3H3. The Morgan fingerprint density at radius 3 is 2.88 bits per heavy atom. The molecule has 1 aromatic carbocycles. The van der Waals surface area contributed by atoms with Crippen molar-refractivity contribution in [2.75, 3.05) is 18.2 Å². The van der Waals surface area contributed by atoms with E-state index in [1.54, 1.807) is 6.21 Å². The third kappa shape index (κ3) is 6.10. The van der Waals surface area contributed by atoms with Gasteiger partial charge in [0, 0.05) is 11.9 Å². The number of hydrogen-bond acceptors (Lipinski definition) is 6. The number of rotatable bonds is 9. The molecule has 2 unspecified atom stereocenters. The fraction of sp³-hybridized carbons (Fsp3) is 0.562. The molecule has 0 spiro atoms. The first-order chi connectivity index (χ1) is 11.4. The molecule has 1 aromatic rings. The van der Waals surface area contributed by atoms with Crippen LogP contribution in [0.5, 0.6) is 5.75 Å². The first-order valence-electron chi connectivity index (χ1n) is 8.17. The van der Waals surface area contributed by atoms with E-state index in [0.29, 0.717) is 6.67 Å².